The minimum Gasteiger partial charge on any atom is -0.334 e. The molecule has 0 aliphatic carbocycles. The standard InChI is InChI=1S/C24H19ClN4O2S2/c1-14-20(23-27-22(28-31-23)19-4-3-13-33-19)21(15-5-7-16(25)8-6-15)26-24(30)29(14)17-9-11-18(32-2)12-10-17/h3-13,21H,1-2H3,(H,26,30). The molecule has 166 valence electrons. The van der Waals surface area contributed by atoms with Gasteiger partial charge in [-0.25, -0.2) is 4.79 Å². The van der Waals surface area contributed by atoms with Crippen molar-refractivity contribution < 1.29 is 9.32 Å². The Morgan fingerprint density at radius 3 is 2.55 bits per heavy atom. The van der Waals surface area contributed by atoms with E-state index in [9.17, 15) is 4.79 Å². The van der Waals surface area contributed by atoms with E-state index >= 15 is 0 Å². The maximum absolute atomic E-state index is 13.3. The number of aromatic nitrogens is 2. The van der Waals surface area contributed by atoms with E-state index in [2.05, 4.69) is 15.5 Å². The predicted molar refractivity (Wildman–Crippen MR) is 134 cm³/mol. The van der Waals surface area contributed by atoms with E-state index in [1.165, 1.54) is 11.3 Å². The third kappa shape index (κ3) is 4.17. The summed E-state index contributed by atoms with van der Waals surface area (Å²) in [6, 6.07) is 18.4. The second-order valence-corrected chi connectivity index (χ2v) is 9.63. The van der Waals surface area contributed by atoms with Gasteiger partial charge in [-0.2, -0.15) is 4.98 Å². The number of anilines is 1. The largest absolute Gasteiger partial charge is 0.334 e. The number of thioether (sulfide) groups is 1. The van der Waals surface area contributed by atoms with Crippen LogP contribution in [0.4, 0.5) is 10.5 Å². The van der Waals surface area contributed by atoms with Crippen LogP contribution in [0.5, 0.6) is 0 Å². The monoisotopic (exact) mass is 494 g/mol. The zero-order chi connectivity index (χ0) is 22.9. The molecule has 3 heterocycles. The highest BCUT2D eigenvalue weighted by molar-refractivity contribution is 7.98. The van der Waals surface area contributed by atoms with Gasteiger partial charge in [0.05, 0.1) is 22.2 Å². The van der Waals surface area contributed by atoms with Gasteiger partial charge in [0.15, 0.2) is 0 Å². The fourth-order valence-electron chi connectivity index (χ4n) is 3.81. The van der Waals surface area contributed by atoms with Crippen molar-refractivity contribution in [2.45, 2.75) is 17.9 Å². The molecule has 2 amide bonds. The normalized spacial score (nSPS) is 16.3. The third-order valence-electron chi connectivity index (χ3n) is 5.42. The van der Waals surface area contributed by atoms with Gasteiger partial charge in [0.25, 0.3) is 5.89 Å². The number of allylic oxidation sites excluding steroid dienone is 1. The number of carbonyl (C=O) groups excluding carboxylic acids is 1. The van der Waals surface area contributed by atoms with Crippen LogP contribution in [0.2, 0.25) is 5.02 Å². The van der Waals surface area contributed by atoms with Crippen molar-refractivity contribution in [1.82, 2.24) is 15.5 Å². The molecule has 1 N–H and O–H groups in total. The highest BCUT2D eigenvalue weighted by Crippen LogP contribution is 2.39. The van der Waals surface area contributed by atoms with E-state index in [1.54, 1.807) is 28.8 Å². The van der Waals surface area contributed by atoms with Gasteiger partial charge >= 0.3 is 6.03 Å². The average Bonchev–Trinajstić information content (AvgIpc) is 3.52. The molecule has 1 atom stereocenters. The zero-order valence-electron chi connectivity index (χ0n) is 17.8. The van der Waals surface area contributed by atoms with Crippen LogP contribution in [-0.2, 0) is 0 Å². The summed E-state index contributed by atoms with van der Waals surface area (Å²) in [6.45, 7) is 1.90. The summed E-state index contributed by atoms with van der Waals surface area (Å²) in [5.74, 6) is 0.879. The van der Waals surface area contributed by atoms with Gasteiger partial charge in [0.1, 0.15) is 0 Å². The SMILES string of the molecule is CSc1ccc(N2C(=O)NC(c3ccc(Cl)cc3)C(c3nc(-c4cccs4)no3)=C2C)cc1. The molecule has 4 aromatic rings. The highest BCUT2D eigenvalue weighted by Gasteiger charge is 2.36. The van der Waals surface area contributed by atoms with E-state index in [1.807, 2.05) is 67.1 Å². The van der Waals surface area contributed by atoms with E-state index in [4.69, 9.17) is 16.1 Å². The summed E-state index contributed by atoms with van der Waals surface area (Å²) in [6.07, 6.45) is 2.02. The summed E-state index contributed by atoms with van der Waals surface area (Å²) in [7, 11) is 0. The van der Waals surface area contributed by atoms with E-state index in [0.29, 0.717) is 16.7 Å². The van der Waals surface area contributed by atoms with Crippen molar-refractivity contribution in [2.24, 2.45) is 0 Å². The fraction of sp³-hybridized carbons (Fsp3) is 0.125. The third-order valence-corrected chi connectivity index (χ3v) is 7.28. The van der Waals surface area contributed by atoms with Gasteiger partial charge in [0, 0.05) is 15.6 Å². The van der Waals surface area contributed by atoms with Gasteiger partial charge in [-0.3, -0.25) is 4.90 Å². The summed E-state index contributed by atoms with van der Waals surface area (Å²) in [5.41, 5.74) is 3.08. The number of halogens is 1. The Morgan fingerprint density at radius 1 is 1.12 bits per heavy atom. The number of hydrogen-bond donors (Lipinski definition) is 1. The smallest absolute Gasteiger partial charge is 0.326 e. The number of hydrogen-bond acceptors (Lipinski definition) is 6. The Hall–Kier alpha value is -3.07. The van der Waals surface area contributed by atoms with Crippen LogP contribution >= 0.6 is 34.7 Å². The summed E-state index contributed by atoms with van der Waals surface area (Å²) < 4.78 is 5.71. The Kier molecular flexibility index (Phi) is 5.97. The van der Waals surface area contributed by atoms with Crippen molar-refractivity contribution in [3.05, 3.63) is 88.2 Å². The summed E-state index contributed by atoms with van der Waals surface area (Å²) in [4.78, 5) is 21.6. The Bertz CT molecular complexity index is 1320. The molecular weight excluding hydrogens is 476 g/mol. The molecule has 2 aromatic carbocycles. The van der Waals surface area contributed by atoms with Gasteiger partial charge in [0.2, 0.25) is 5.82 Å². The van der Waals surface area contributed by atoms with E-state index in [-0.39, 0.29) is 6.03 Å². The fourth-order valence-corrected chi connectivity index (χ4v) is 4.99. The minimum atomic E-state index is -0.465. The first-order valence-electron chi connectivity index (χ1n) is 10.1. The topological polar surface area (TPSA) is 71.3 Å². The lowest BCUT2D eigenvalue weighted by atomic mass is 9.94. The number of nitrogens with one attached hydrogen (secondary N) is 1. The van der Waals surface area contributed by atoms with Crippen LogP contribution in [-0.4, -0.2) is 22.4 Å². The minimum absolute atomic E-state index is 0.230. The van der Waals surface area contributed by atoms with Crippen LogP contribution in [0.15, 0.2) is 81.2 Å². The maximum Gasteiger partial charge on any atom is 0.326 e. The summed E-state index contributed by atoms with van der Waals surface area (Å²) in [5, 5.41) is 9.88. The predicted octanol–water partition coefficient (Wildman–Crippen LogP) is 6.88. The lowest BCUT2D eigenvalue weighted by Crippen LogP contribution is -2.46. The number of carbonyl (C=O) groups is 1. The molecule has 0 bridgehead atoms. The molecule has 0 spiro atoms. The van der Waals surface area contributed by atoms with E-state index < -0.39 is 6.04 Å². The molecule has 0 saturated carbocycles. The van der Waals surface area contributed by atoms with Gasteiger partial charge in [-0.15, -0.1) is 23.1 Å². The molecule has 0 fully saturated rings. The first-order chi connectivity index (χ1) is 16.0. The number of rotatable bonds is 5. The molecule has 0 saturated heterocycles. The van der Waals surface area contributed by atoms with Crippen molar-refractivity contribution in [3.8, 4) is 10.7 Å². The molecule has 2 aromatic heterocycles. The van der Waals surface area contributed by atoms with Crippen LogP contribution in [0.25, 0.3) is 16.3 Å². The number of urea groups is 1. The van der Waals surface area contributed by atoms with Crippen LogP contribution < -0.4 is 10.2 Å². The molecule has 33 heavy (non-hydrogen) atoms. The molecule has 1 aliphatic rings. The zero-order valence-corrected chi connectivity index (χ0v) is 20.2. The highest BCUT2D eigenvalue weighted by atomic mass is 35.5. The summed E-state index contributed by atoms with van der Waals surface area (Å²) >= 11 is 9.29. The molecule has 5 rings (SSSR count). The van der Waals surface area contributed by atoms with E-state index in [0.717, 1.165) is 32.3 Å². The Morgan fingerprint density at radius 2 is 1.88 bits per heavy atom. The molecular formula is C24H19ClN4O2S2. The molecule has 9 heteroatoms. The van der Waals surface area contributed by atoms with Crippen molar-refractivity contribution in [1.29, 1.82) is 0 Å². The molecule has 0 radical (unpaired) electrons. The molecule has 1 unspecified atom stereocenters. The van der Waals surface area contributed by atoms with Gasteiger partial charge < -0.3 is 9.84 Å². The van der Waals surface area contributed by atoms with Crippen LogP contribution in [0, 0.1) is 0 Å². The number of benzene rings is 2. The van der Waals surface area contributed by atoms with Crippen molar-refractivity contribution >= 4 is 52.0 Å². The maximum atomic E-state index is 13.3. The van der Waals surface area contributed by atoms with Crippen molar-refractivity contribution in [3.63, 3.8) is 0 Å². The number of amides is 2. The quantitative estimate of drug-likeness (QED) is 0.306. The molecule has 1 aliphatic heterocycles. The van der Waals surface area contributed by atoms with Crippen LogP contribution in [0.1, 0.15) is 24.4 Å². The van der Waals surface area contributed by atoms with Gasteiger partial charge in [-0.1, -0.05) is 35.0 Å². The number of thiophene rings is 1. The van der Waals surface area contributed by atoms with Crippen molar-refractivity contribution in [2.75, 3.05) is 11.2 Å². The second-order valence-electron chi connectivity index (χ2n) is 7.37. The lowest BCUT2D eigenvalue weighted by molar-refractivity contribution is 0.244. The Balaban J connectivity index is 1.64. The van der Waals surface area contributed by atoms with Crippen LogP contribution in [0.3, 0.4) is 0 Å². The first-order valence-corrected chi connectivity index (χ1v) is 12.6. The van der Waals surface area contributed by atoms with Gasteiger partial charge in [-0.05, 0) is 66.6 Å². The Labute approximate surface area is 204 Å². The average molecular weight is 495 g/mol. The lowest BCUT2D eigenvalue weighted by Gasteiger charge is -2.35. The number of nitrogens with zero attached hydrogens (tertiary/aromatic N) is 3. The second kappa shape index (κ2) is 9.05. The molecule has 6 nitrogen and oxygen atoms in total. The first kappa shape index (κ1) is 21.8.